The van der Waals surface area contributed by atoms with Crippen LogP contribution >= 0.6 is 0 Å². The van der Waals surface area contributed by atoms with Gasteiger partial charge in [-0.25, -0.2) is 0 Å². The maximum atomic E-state index is 5.29. The van der Waals surface area contributed by atoms with Gasteiger partial charge in [0.2, 0.25) is 0 Å². The van der Waals surface area contributed by atoms with Crippen LogP contribution < -0.4 is 28.3 Å². The van der Waals surface area contributed by atoms with Crippen LogP contribution in [0.15, 0.2) is 18.2 Å². The summed E-state index contributed by atoms with van der Waals surface area (Å²) < 4.78 is 10.6. The van der Waals surface area contributed by atoms with Gasteiger partial charge in [0, 0.05) is 11.5 Å². The Morgan fingerprint density at radius 3 is 2.54 bits per heavy atom. The molecule has 0 saturated carbocycles. The van der Waals surface area contributed by atoms with E-state index in [1.807, 2.05) is 26.0 Å². The quantitative estimate of drug-likeness (QED) is 0.441. The molecule has 0 aliphatic rings. The summed E-state index contributed by atoms with van der Waals surface area (Å²) in [5.74, 6) is 1.57. The number of hydrogen-bond donors (Lipinski definition) is 0. The van der Waals surface area contributed by atoms with Gasteiger partial charge >= 0.3 is 18.9 Å². The molecule has 1 aromatic rings. The zero-order valence-corrected chi connectivity index (χ0v) is 8.46. The minimum Gasteiger partial charge on any atom is -0.520 e. The first kappa shape index (κ1) is 12.4. The molecule has 13 heavy (non-hydrogen) atoms. The van der Waals surface area contributed by atoms with Crippen molar-refractivity contribution in [1.29, 1.82) is 0 Å². The molecule has 0 aliphatic heterocycles. The molecule has 0 heterocycles. The second-order valence-electron chi connectivity index (χ2n) is 2.25. The molecular formula is C10H13LiO2. The minimum absolute atomic E-state index is 0. The van der Waals surface area contributed by atoms with E-state index in [1.54, 1.807) is 6.07 Å². The molecular weight excluding hydrogens is 159 g/mol. The van der Waals surface area contributed by atoms with Crippen molar-refractivity contribution >= 4 is 0 Å². The molecule has 1 aromatic carbocycles. The Morgan fingerprint density at radius 1 is 1.23 bits per heavy atom. The third-order valence-electron chi connectivity index (χ3n) is 1.36. The summed E-state index contributed by atoms with van der Waals surface area (Å²) in [6.07, 6.45) is 0. The van der Waals surface area contributed by atoms with Gasteiger partial charge < -0.3 is 9.47 Å². The van der Waals surface area contributed by atoms with Gasteiger partial charge in [0.05, 0.1) is 13.2 Å². The summed E-state index contributed by atoms with van der Waals surface area (Å²) in [4.78, 5) is 0. The van der Waals surface area contributed by atoms with Crippen LogP contribution in [0.3, 0.4) is 0 Å². The van der Waals surface area contributed by atoms with Gasteiger partial charge in [-0.1, -0.05) is 6.07 Å². The zero-order valence-electron chi connectivity index (χ0n) is 8.46. The van der Waals surface area contributed by atoms with E-state index in [4.69, 9.17) is 9.47 Å². The second-order valence-corrected chi connectivity index (χ2v) is 2.25. The molecule has 0 saturated heterocycles. The predicted octanol–water partition coefficient (Wildman–Crippen LogP) is -0.712. The number of benzene rings is 1. The number of rotatable bonds is 4. The first-order valence-electron chi connectivity index (χ1n) is 4.14. The van der Waals surface area contributed by atoms with Crippen molar-refractivity contribution in [3.05, 3.63) is 24.3 Å². The van der Waals surface area contributed by atoms with Gasteiger partial charge in [0.25, 0.3) is 0 Å². The van der Waals surface area contributed by atoms with E-state index < -0.39 is 0 Å². The van der Waals surface area contributed by atoms with Gasteiger partial charge in [-0.3, -0.25) is 0 Å². The summed E-state index contributed by atoms with van der Waals surface area (Å²) >= 11 is 0. The molecule has 0 unspecified atom stereocenters. The molecule has 1 rings (SSSR count). The van der Waals surface area contributed by atoms with Crippen LogP contribution in [-0.4, -0.2) is 13.2 Å². The smallest absolute Gasteiger partial charge is 0.520 e. The van der Waals surface area contributed by atoms with Gasteiger partial charge in [-0.15, -0.1) is 12.1 Å². The van der Waals surface area contributed by atoms with Crippen molar-refractivity contribution in [2.45, 2.75) is 13.8 Å². The maximum absolute atomic E-state index is 5.29. The van der Waals surface area contributed by atoms with E-state index in [0.29, 0.717) is 13.2 Å². The first-order valence-corrected chi connectivity index (χ1v) is 4.14. The van der Waals surface area contributed by atoms with E-state index in [1.165, 1.54) is 0 Å². The van der Waals surface area contributed by atoms with Crippen molar-refractivity contribution in [2.75, 3.05) is 13.2 Å². The third-order valence-corrected chi connectivity index (χ3v) is 1.36. The molecule has 0 spiro atoms. The standard InChI is InChI=1S/C10H13O2.Li/c1-3-11-9-6-5-7-10(8-9)12-4-2;/h5-6,8H,3-4H2,1-2H3;/q-1;+1. The second kappa shape index (κ2) is 6.88. The normalized spacial score (nSPS) is 8.77. The SMILES string of the molecule is CCOc1[c-]ccc(OCC)c1.[Li+]. The molecule has 0 aromatic heterocycles. The first-order chi connectivity index (χ1) is 5.86. The summed E-state index contributed by atoms with van der Waals surface area (Å²) in [6.45, 7) is 5.24. The molecule has 66 valence electrons. The van der Waals surface area contributed by atoms with Crippen LogP contribution in [0.1, 0.15) is 13.8 Å². The molecule has 2 nitrogen and oxygen atoms in total. The topological polar surface area (TPSA) is 18.5 Å². The minimum atomic E-state index is 0. The number of ether oxygens (including phenoxy) is 2. The Morgan fingerprint density at radius 2 is 1.92 bits per heavy atom. The Balaban J connectivity index is 0.00000144. The fourth-order valence-electron chi connectivity index (χ4n) is 0.920. The Hall–Kier alpha value is -0.583. The third kappa shape index (κ3) is 4.26. The van der Waals surface area contributed by atoms with Crippen molar-refractivity contribution in [3.8, 4) is 11.5 Å². The van der Waals surface area contributed by atoms with Crippen molar-refractivity contribution in [3.63, 3.8) is 0 Å². The van der Waals surface area contributed by atoms with E-state index in [-0.39, 0.29) is 18.9 Å². The Labute approximate surface area is 91.4 Å². The molecule has 0 atom stereocenters. The molecule has 3 heteroatoms. The van der Waals surface area contributed by atoms with E-state index in [0.717, 1.165) is 11.5 Å². The maximum Gasteiger partial charge on any atom is 1.00 e. The van der Waals surface area contributed by atoms with Crippen LogP contribution in [0.2, 0.25) is 0 Å². The fourth-order valence-corrected chi connectivity index (χ4v) is 0.920. The average Bonchev–Trinajstić information content (AvgIpc) is 2.06. The average molecular weight is 172 g/mol. The van der Waals surface area contributed by atoms with Crippen LogP contribution in [0.5, 0.6) is 11.5 Å². The van der Waals surface area contributed by atoms with Gasteiger partial charge in [-0.2, -0.15) is 6.07 Å². The van der Waals surface area contributed by atoms with Crippen LogP contribution in [0, 0.1) is 6.07 Å². The Kier molecular flexibility index (Phi) is 6.57. The number of hydrogen-bond acceptors (Lipinski definition) is 2. The molecule has 0 radical (unpaired) electrons. The molecule has 0 fully saturated rings. The summed E-state index contributed by atoms with van der Waals surface area (Å²) in [5.41, 5.74) is 0. The van der Waals surface area contributed by atoms with Gasteiger partial charge in [-0.05, 0) is 13.8 Å². The summed E-state index contributed by atoms with van der Waals surface area (Å²) in [6, 6.07) is 8.47. The molecule has 0 aliphatic carbocycles. The van der Waals surface area contributed by atoms with Crippen LogP contribution in [0.25, 0.3) is 0 Å². The van der Waals surface area contributed by atoms with Crippen molar-refractivity contribution < 1.29 is 28.3 Å². The summed E-state index contributed by atoms with van der Waals surface area (Å²) in [7, 11) is 0. The van der Waals surface area contributed by atoms with Crippen molar-refractivity contribution in [2.24, 2.45) is 0 Å². The molecule has 0 amide bonds. The van der Waals surface area contributed by atoms with Crippen LogP contribution in [-0.2, 0) is 0 Å². The monoisotopic (exact) mass is 172 g/mol. The van der Waals surface area contributed by atoms with E-state index in [2.05, 4.69) is 6.07 Å². The zero-order chi connectivity index (χ0) is 8.81. The van der Waals surface area contributed by atoms with Crippen LogP contribution in [0.4, 0.5) is 0 Å². The van der Waals surface area contributed by atoms with E-state index >= 15 is 0 Å². The predicted molar refractivity (Wildman–Crippen MR) is 47.6 cm³/mol. The summed E-state index contributed by atoms with van der Waals surface area (Å²) in [5, 5.41) is 0. The van der Waals surface area contributed by atoms with Gasteiger partial charge in [0.1, 0.15) is 0 Å². The van der Waals surface area contributed by atoms with Crippen molar-refractivity contribution in [1.82, 2.24) is 0 Å². The fraction of sp³-hybridized carbons (Fsp3) is 0.400. The van der Waals surface area contributed by atoms with Gasteiger partial charge in [0.15, 0.2) is 0 Å². The Bertz CT molecular complexity index is 217. The molecule has 0 bridgehead atoms. The molecule has 0 N–H and O–H groups in total. The largest absolute Gasteiger partial charge is 1.00 e. The van der Waals surface area contributed by atoms with E-state index in [9.17, 15) is 0 Å².